The maximum absolute atomic E-state index is 4.57. The van der Waals surface area contributed by atoms with Gasteiger partial charge < -0.3 is 15.2 Å². The molecule has 3 aromatic rings. The third-order valence-corrected chi connectivity index (χ3v) is 3.89. The van der Waals surface area contributed by atoms with E-state index >= 15 is 0 Å². The quantitative estimate of drug-likeness (QED) is 0.774. The molecule has 0 bridgehead atoms. The van der Waals surface area contributed by atoms with Crippen LogP contribution in [0.1, 0.15) is 6.42 Å². The lowest BCUT2D eigenvalue weighted by Gasteiger charge is -2.17. The standard InChI is InChI=1S/C16H17N5/c1-2-6-14-13(5-1)19-16(20-14)18-12-8-10-21(11-12)15-7-3-4-9-17-15/h1-7,9,12H,8,10-11H2,(H2,18,19,20). The third-order valence-electron chi connectivity index (χ3n) is 3.89. The predicted octanol–water partition coefficient (Wildman–Crippen LogP) is 2.65. The molecule has 2 aromatic heterocycles. The molecular formula is C16H17N5. The molecule has 1 fully saturated rings. The Bertz CT molecular complexity index is 704. The molecule has 1 atom stereocenters. The van der Waals surface area contributed by atoms with Crippen molar-refractivity contribution in [1.29, 1.82) is 0 Å². The number of aromatic amines is 1. The van der Waals surface area contributed by atoms with Crippen molar-refractivity contribution in [2.24, 2.45) is 0 Å². The highest BCUT2D eigenvalue weighted by atomic mass is 15.2. The highest BCUT2D eigenvalue weighted by Crippen LogP contribution is 2.20. The van der Waals surface area contributed by atoms with Crippen LogP contribution < -0.4 is 10.2 Å². The lowest BCUT2D eigenvalue weighted by atomic mass is 10.3. The van der Waals surface area contributed by atoms with Gasteiger partial charge >= 0.3 is 0 Å². The molecule has 2 N–H and O–H groups in total. The number of para-hydroxylation sites is 2. The Morgan fingerprint density at radius 3 is 2.90 bits per heavy atom. The van der Waals surface area contributed by atoms with Crippen LogP contribution in [0.15, 0.2) is 48.7 Å². The molecule has 0 saturated carbocycles. The molecule has 3 heterocycles. The molecule has 0 aliphatic carbocycles. The number of aromatic nitrogens is 3. The zero-order valence-electron chi connectivity index (χ0n) is 11.7. The molecule has 1 unspecified atom stereocenters. The first-order valence-corrected chi connectivity index (χ1v) is 7.26. The molecule has 5 heteroatoms. The number of rotatable bonds is 3. The third kappa shape index (κ3) is 2.42. The summed E-state index contributed by atoms with van der Waals surface area (Å²) in [4.78, 5) is 14.6. The van der Waals surface area contributed by atoms with Crippen LogP contribution in [0, 0.1) is 0 Å². The SMILES string of the molecule is c1ccc(N2CCC(Nc3nc4ccccc4[nH]3)C2)nc1. The number of fused-ring (bicyclic) bond motifs is 1. The Morgan fingerprint density at radius 2 is 2.05 bits per heavy atom. The second-order valence-corrected chi connectivity index (χ2v) is 5.37. The number of anilines is 2. The fraction of sp³-hybridized carbons (Fsp3) is 0.250. The fourth-order valence-corrected chi connectivity index (χ4v) is 2.84. The first-order valence-electron chi connectivity index (χ1n) is 7.26. The number of H-pyrrole nitrogens is 1. The number of benzene rings is 1. The van der Waals surface area contributed by atoms with Crippen LogP contribution in [0.4, 0.5) is 11.8 Å². The minimum Gasteiger partial charge on any atom is -0.354 e. The van der Waals surface area contributed by atoms with Crippen molar-refractivity contribution in [3.8, 4) is 0 Å². The summed E-state index contributed by atoms with van der Waals surface area (Å²) < 4.78 is 0. The van der Waals surface area contributed by atoms with Crippen LogP contribution in [-0.2, 0) is 0 Å². The van der Waals surface area contributed by atoms with Crippen molar-refractivity contribution in [2.75, 3.05) is 23.3 Å². The molecule has 1 saturated heterocycles. The van der Waals surface area contributed by atoms with Gasteiger partial charge in [0.25, 0.3) is 0 Å². The minimum atomic E-state index is 0.396. The molecule has 5 nitrogen and oxygen atoms in total. The van der Waals surface area contributed by atoms with Crippen molar-refractivity contribution in [1.82, 2.24) is 15.0 Å². The summed E-state index contributed by atoms with van der Waals surface area (Å²) in [5.41, 5.74) is 2.07. The zero-order valence-corrected chi connectivity index (χ0v) is 11.7. The molecule has 1 aliphatic rings. The predicted molar refractivity (Wildman–Crippen MR) is 84.6 cm³/mol. The van der Waals surface area contributed by atoms with Gasteiger partial charge in [0.1, 0.15) is 5.82 Å². The lowest BCUT2D eigenvalue weighted by Crippen LogP contribution is -2.26. The van der Waals surface area contributed by atoms with Gasteiger partial charge in [-0.25, -0.2) is 9.97 Å². The van der Waals surface area contributed by atoms with Crippen LogP contribution in [-0.4, -0.2) is 34.1 Å². The number of nitrogens with one attached hydrogen (secondary N) is 2. The molecular weight excluding hydrogens is 262 g/mol. The van der Waals surface area contributed by atoms with E-state index in [2.05, 4.69) is 31.2 Å². The van der Waals surface area contributed by atoms with E-state index in [1.807, 2.05) is 42.6 Å². The average Bonchev–Trinajstić information content (AvgIpc) is 3.14. The van der Waals surface area contributed by atoms with Gasteiger partial charge in [-0.2, -0.15) is 0 Å². The molecule has 0 spiro atoms. The number of hydrogen-bond donors (Lipinski definition) is 2. The Hall–Kier alpha value is -2.56. The topological polar surface area (TPSA) is 56.8 Å². The van der Waals surface area contributed by atoms with E-state index in [1.54, 1.807) is 0 Å². The molecule has 0 amide bonds. The number of hydrogen-bond acceptors (Lipinski definition) is 4. The van der Waals surface area contributed by atoms with Crippen molar-refractivity contribution < 1.29 is 0 Å². The monoisotopic (exact) mass is 279 g/mol. The normalized spacial score (nSPS) is 18.3. The molecule has 4 rings (SSSR count). The summed E-state index contributed by atoms with van der Waals surface area (Å²) >= 11 is 0. The van der Waals surface area contributed by atoms with Crippen LogP contribution in [0.3, 0.4) is 0 Å². The fourth-order valence-electron chi connectivity index (χ4n) is 2.84. The largest absolute Gasteiger partial charge is 0.354 e. The number of imidazole rings is 1. The van der Waals surface area contributed by atoms with Crippen LogP contribution >= 0.6 is 0 Å². The molecule has 0 radical (unpaired) electrons. The van der Waals surface area contributed by atoms with Crippen molar-refractivity contribution in [3.63, 3.8) is 0 Å². The molecule has 1 aliphatic heterocycles. The van der Waals surface area contributed by atoms with Gasteiger partial charge in [-0.15, -0.1) is 0 Å². The molecule has 106 valence electrons. The molecule has 1 aromatic carbocycles. The van der Waals surface area contributed by atoms with E-state index in [0.717, 1.165) is 42.3 Å². The average molecular weight is 279 g/mol. The van der Waals surface area contributed by atoms with E-state index in [0.29, 0.717) is 6.04 Å². The van der Waals surface area contributed by atoms with Crippen molar-refractivity contribution in [2.45, 2.75) is 12.5 Å². The van der Waals surface area contributed by atoms with Gasteiger partial charge in [0.15, 0.2) is 0 Å². The van der Waals surface area contributed by atoms with Crippen molar-refractivity contribution >= 4 is 22.8 Å². The van der Waals surface area contributed by atoms with Gasteiger partial charge in [0.05, 0.1) is 11.0 Å². The minimum absolute atomic E-state index is 0.396. The van der Waals surface area contributed by atoms with E-state index in [4.69, 9.17) is 0 Å². The Balaban J connectivity index is 1.46. The van der Waals surface area contributed by atoms with Crippen molar-refractivity contribution in [3.05, 3.63) is 48.7 Å². The number of nitrogens with zero attached hydrogens (tertiary/aromatic N) is 3. The lowest BCUT2D eigenvalue weighted by molar-refractivity contribution is 0.796. The van der Waals surface area contributed by atoms with Gasteiger partial charge in [-0.05, 0) is 30.7 Å². The van der Waals surface area contributed by atoms with E-state index < -0.39 is 0 Å². The second kappa shape index (κ2) is 5.09. The van der Waals surface area contributed by atoms with E-state index in [9.17, 15) is 0 Å². The zero-order chi connectivity index (χ0) is 14.1. The smallest absolute Gasteiger partial charge is 0.201 e. The van der Waals surface area contributed by atoms with Gasteiger partial charge in [0.2, 0.25) is 5.95 Å². The summed E-state index contributed by atoms with van der Waals surface area (Å²) in [6.07, 6.45) is 2.93. The van der Waals surface area contributed by atoms with E-state index in [1.165, 1.54) is 0 Å². The summed E-state index contributed by atoms with van der Waals surface area (Å²) in [5, 5.41) is 3.49. The highest BCUT2D eigenvalue weighted by molar-refractivity contribution is 5.77. The maximum atomic E-state index is 4.57. The van der Waals surface area contributed by atoms with Crippen LogP contribution in [0.5, 0.6) is 0 Å². The Labute approximate surface area is 123 Å². The summed E-state index contributed by atoms with van der Waals surface area (Å²) in [6.45, 7) is 1.98. The Kier molecular flexibility index (Phi) is 2.96. The number of pyridine rings is 1. The first kappa shape index (κ1) is 12.2. The van der Waals surface area contributed by atoms with E-state index in [-0.39, 0.29) is 0 Å². The molecule has 21 heavy (non-hydrogen) atoms. The highest BCUT2D eigenvalue weighted by Gasteiger charge is 2.23. The second-order valence-electron chi connectivity index (χ2n) is 5.37. The summed E-state index contributed by atoms with van der Waals surface area (Å²) in [5.74, 6) is 1.90. The first-order chi connectivity index (χ1) is 10.4. The summed E-state index contributed by atoms with van der Waals surface area (Å²) in [6, 6.07) is 14.5. The van der Waals surface area contributed by atoms with Gasteiger partial charge in [-0.1, -0.05) is 18.2 Å². The van der Waals surface area contributed by atoms with Crippen LogP contribution in [0.25, 0.3) is 11.0 Å². The Morgan fingerprint density at radius 1 is 1.14 bits per heavy atom. The van der Waals surface area contributed by atoms with Gasteiger partial charge in [-0.3, -0.25) is 0 Å². The maximum Gasteiger partial charge on any atom is 0.201 e. The van der Waals surface area contributed by atoms with Crippen LogP contribution in [0.2, 0.25) is 0 Å². The van der Waals surface area contributed by atoms with Gasteiger partial charge in [0, 0.05) is 25.3 Å². The summed E-state index contributed by atoms with van der Waals surface area (Å²) in [7, 11) is 0.